The van der Waals surface area contributed by atoms with Crippen LogP contribution in [0.25, 0.3) is 0 Å². The molecule has 0 saturated heterocycles. The van der Waals surface area contributed by atoms with Crippen molar-refractivity contribution in [2.24, 2.45) is 10.4 Å². The lowest BCUT2D eigenvalue weighted by molar-refractivity contribution is 0.448. The van der Waals surface area contributed by atoms with Crippen molar-refractivity contribution < 1.29 is 0 Å². The van der Waals surface area contributed by atoms with Crippen LogP contribution in [-0.4, -0.2) is 12.8 Å². The highest BCUT2D eigenvalue weighted by atomic mass is 14.7. The van der Waals surface area contributed by atoms with Crippen LogP contribution >= 0.6 is 0 Å². The van der Waals surface area contributed by atoms with Crippen LogP contribution in [0.1, 0.15) is 27.2 Å². The molecule has 0 aromatic rings. The van der Waals surface area contributed by atoms with Gasteiger partial charge in [-0.2, -0.15) is 0 Å². The predicted molar refractivity (Wildman–Crippen MR) is 54.7 cm³/mol. The highest BCUT2D eigenvalue weighted by molar-refractivity contribution is 5.81. The van der Waals surface area contributed by atoms with Gasteiger partial charge in [0.1, 0.15) is 0 Å². The Morgan fingerprint density at radius 2 is 2.25 bits per heavy atom. The molecule has 0 unspecified atom stereocenters. The normalized spacial score (nSPS) is 17.4. The SMILES string of the molecule is CCC(C)(C)C1=CC=CCN=C1. The molecule has 1 aliphatic rings. The third kappa shape index (κ3) is 2.07. The van der Waals surface area contributed by atoms with Crippen LogP contribution in [0.4, 0.5) is 0 Å². The van der Waals surface area contributed by atoms with E-state index in [0.717, 1.165) is 13.0 Å². The number of hydrogen-bond acceptors (Lipinski definition) is 1. The smallest absolute Gasteiger partial charge is 0.0573 e. The second kappa shape index (κ2) is 3.70. The summed E-state index contributed by atoms with van der Waals surface area (Å²) in [6.45, 7) is 7.54. The Kier molecular flexibility index (Phi) is 2.85. The fourth-order valence-electron chi connectivity index (χ4n) is 1.09. The van der Waals surface area contributed by atoms with Crippen molar-refractivity contribution in [1.82, 2.24) is 0 Å². The maximum absolute atomic E-state index is 4.29. The maximum Gasteiger partial charge on any atom is 0.0573 e. The zero-order valence-electron chi connectivity index (χ0n) is 8.17. The summed E-state index contributed by atoms with van der Waals surface area (Å²) in [4.78, 5) is 4.29. The first-order valence-corrected chi connectivity index (χ1v) is 4.54. The van der Waals surface area contributed by atoms with E-state index in [2.05, 4.69) is 44.0 Å². The molecule has 0 amide bonds. The van der Waals surface area contributed by atoms with E-state index in [9.17, 15) is 0 Å². The summed E-state index contributed by atoms with van der Waals surface area (Å²) in [5.41, 5.74) is 1.59. The lowest BCUT2D eigenvalue weighted by Gasteiger charge is -2.23. The van der Waals surface area contributed by atoms with E-state index >= 15 is 0 Å². The molecule has 1 heteroatoms. The minimum absolute atomic E-state index is 0.262. The molecule has 0 aromatic heterocycles. The van der Waals surface area contributed by atoms with Crippen molar-refractivity contribution in [3.05, 3.63) is 23.8 Å². The number of rotatable bonds is 2. The average molecular weight is 163 g/mol. The Balaban J connectivity index is 2.86. The lowest BCUT2D eigenvalue weighted by Crippen LogP contribution is -2.14. The Hall–Kier alpha value is -0.850. The molecule has 1 rings (SSSR count). The van der Waals surface area contributed by atoms with Crippen LogP contribution in [0.2, 0.25) is 0 Å². The van der Waals surface area contributed by atoms with Gasteiger partial charge in [0.05, 0.1) is 6.54 Å². The van der Waals surface area contributed by atoms with Gasteiger partial charge in [-0.15, -0.1) is 0 Å². The zero-order valence-corrected chi connectivity index (χ0v) is 8.17. The van der Waals surface area contributed by atoms with Crippen LogP contribution < -0.4 is 0 Å². The standard InChI is InChI=1S/C11H17N/c1-4-11(2,3)10-7-5-6-8-12-9-10/h5-7,9H,4,8H2,1-3H3. The van der Waals surface area contributed by atoms with Crippen LogP contribution in [0.3, 0.4) is 0 Å². The van der Waals surface area contributed by atoms with Gasteiger partial charge >= 0.3 is 0 Å². The van der Waals surface area contributed by atoms with Gasteiger partial charge in [0, 0.05) is 6.21 Å². The van der Waals surface area contributed by atoms with Gasteiger partial charge in [0.2, 0.25) is 0 Å². The molecule has 1 nitrogen and oxygen atoms in total. The lowest BCUT2D eigenvalue weighted by atomic mass is 9.82. The van der Waals surface area contributed by atoms with Crippen molar-refractivity contribution in [1.29, 1.82) is 0 Å². The van der Waals surface area contributed by atoms with Crippen molar-refractivity contribution in [2.45, 2.75) is 27.2 Å². The molecular formula is C11H17N. The van der Waals surface area contributed by atoms with Gasteiger partial charge < -0.3 is 0 Å². The Morgan fingerprint density at radius 3 is 2.92 bits per heavy atom. The van der Waals surface area contributed by atoms with E-state index in [1.807, 2.05) is 6.21 Å². The first-order chi connectivity index (χ1) is 5.67. The summed E-state index contributed by atoms with van der Waals surface area (Å²) >= 11 is 0. The number of hydrogen-bond donors (Lipinski definition) is 0. The fraction of sp³-hybridized carbons (Fsp3) is 0.545. The minimum Gasteiger partial charge on any atom is -0.289 e. The van der Waals surface area contributed by atoms with Gasteiger partial charge in [-0.3, -0.25) is 4.99 Å². The monoisotopic (exact) mass is 163 g/mol. The molecule has 1 aliphatic heterocycles. The van der Waals surface area contributed by atoms with E-state index in [1.54, 1.807) is 0 Å². The molecule has 0 bridgehead atoms. The van der Waals surface area contributed by atoms with Gasteiger partial charge in [0.15, 0.2) is 0 Å². The van der Waals surface area contributed by atoms with Crippen LogP contribution in [0.5, 0.6) is 0 Å². The Bertz CT molecular complexity index is 231. The Morgan fingerprint density at radius 1 is 1.50 bits per heavy atom. The van der Waals surface area contributed by atoms with Crippen LogP contribution in [0, 0.1) is 5.41 Å². The number of aliphatic imine (C=N–C) groups is 1. The van der Waals surface area contributed by atoms with E-state index < -0.39 is 0 Å². The average Bonchev–Trinajstić information content (AvgIpc) is 2.32. The highest BCUT2D eigenvalue weighted by Crippen LogP contribution is 2.29. The minimum atomic E-state index is 0.262. The summed E-state index contributed by atoms with van der Waals surface area (Å²) in [6, 6.07) is 0. The fourth-order valence-corrected chi connectivity index (χ4v) is 1.09. The molecule has 0 atom stereocenters. The van der Waals surface area contributed by atoms with E-state index in [-0.39, 0.29) is 5.41 Å². The third-order valence-electron chi connectivity index (χ3n) is 2.52. The largest absolute Gasteiger partial charge is 0.289 e. The van der Waals surface area contributed by atoms with Crippen LogP contribution in [0.15, 0.2) is 28.8 Å². The molecule has 1 heterocycles. The summed E-state index contributed by atoms with van der Waals surface area (Å²) in [5, 5.41) is 0. The second-order valence-corrected chi connectivity index (χ2v) is 3.78. The first-order valence-electron chi connectivity index (χ1n) is 4.54. The molecule has 0 fully saturated rings. The van der Waals surface area contributed by atoms with Gasteiger partial charge in [0.25, 0.3) is 0 Å². The Labute approximate surface area is 74.9 Å². The number of nitrogens with zero attached hydrogens (tertiary/aromatic N) is 1. The van der Waals surface area contributed by atoms with Gasteiger partial charge in [-0.1, -0.05) is 39.0 Å². The molecule has 12 heavy (non-hydrogen) atoms. The summed E-state index contributed by atoms with van der Waals surface area (Å²) < 4.78 is 0. The number of allylic oxidation sites excluding steroid dienone is 3. The summed E-state index contributed by atoms with van der Waals surface area (Å²) in [7, 11) is 0. The van der Waals surface area contributed by atoms with E-state index in [0.29, 0.717) is 0 Å². The predicted octanol–water partition coefficient (Wildman–Crippen LogP) is 2.99. The van der Waals surface area contributed by atoms with Crippen molar-refractivity contribution in [3.63, 3.8) is 0 Å². The molecule has 0 aliphatic carbocycles. The second-order valence-electron chi connectivity index (χ2n) is 3.78. The van der Waals surface area contributed by atoms with E-state index in [4.69, 9.17) is 0 Å². The molecule has 0 radical (unpaired) electrons. The summed E-state index contributed by atoms with van der Waals surface area (Å²) in [5.74, 6) is 0. The first kappa shape index (κ1) is 9.24. The third-order valence-corrected chi connectivity index (χ3v) is 2.52. The molecule has 0 saturated carbocycles. The van der Waals surface area contributed by atoms with Crippen molar-refractivity contribution in [3.8, 4) is 0 Å². The molecule has 0 N–H and O–H groups in total. The van der Waals surface area contributed by atoms with E-state index in [1.165, 1.54) is 5.57 Å². The zero-order chi connectivity index (χ0) is 9.03. The van der Waals surface area contributed by atoms with Crippen LogP contribution in [-0.2, 0) is 0 Å². The van der Waals surface area contributed by atoms with Crippen molar-refractivity contribution >= 4 is 6.21 Å². The molecule has 0 aromatic carbocycles. The summed E-state index contributed by atoms with van der Waals surface area (Å²) in [6.07, 6.45) is 9.50. The maximum atomic E-state index is 4.29. The van der Waals surface area contributed by atoms with Gasteiger partial charge in [-0.25, -0.2) is 0 Å². The van der Waals surface area contributed by atoms with Crippen molar-refractivity contribution in [2.75, 3.05) is 6.54 Å². The molecule has 66 valence electrons. The topological polar surface area (TPSA) is 12.4 Å². The molecular weight excluding hydrogens is 146 g/mol. The quantitative estimate of drug-likeness (QED) is 0.593. The highest BCUT2D eigenvalue weighted by Gasteiger charge is 2.18. The molecule has 0 spiro atoms. The van der Waals surface area contributed by atoms with Gasteiger partial charge in [-0.05, 0) is 17.4 Å².